The minimum Gasteiger partial charge on any atom is -0.313 e. The second-order valence-electron chi connectivity index (χ2n) is 6.29. The first-order valence-electron chi connectivity index (χ1n) is 8.27. The predicted octanol–water partition coefficient (Wildman–Crippen LogP) is 2.95. The van der Waals surface area contributed by atoms with Gasteiger partial charge in [0.15, 0.2) is 5.16 Å². The van der Waals surface area contributed by atoms with E-state index < -0.39 is 0 Å². The lowest BCUT2D eigenvalue weighted by molar-refractivity contribution is -0.117. The van der Waals surface area contributed by atoms with E-state index in [9.17, 15) is 9.59 Å². The van der Waals surface area contributed by atoms with Crippen molar-refractivity contribution in [2.75, 3.05) is 5.75 Å². The Hall–Kier alpha value is -1.93. The Labute approximate surface area is 153 Å². The van der Waals surface area contributed by atoms with Gasteiger partial charge in [0.05, 0.1) is 11.1 Å². The molecule has 1 amide bonds. The zero-order valence-corrected chi connectivity index (χ0v) is 15.4. The summed E-state index contributed by atoms with van der Waals surface area (Å²) in [6, 6.07) is 1.94. The van der Waals surface area contributed by atoms with Crippen LogP contribution in [0.5, 0.6) is 0 Å². The molecule has 2 aromatic heterocycles. The van der Waals surface area contributed by atoms with Gasteiger partial charge in [0, 0.05) is 18.7 Å². The molecule has 1 atom stereocenters. The zero-order chi connectivity index (χ0) is 17.4. The van der Waals surface area contributed by atoms with Crippen LogP contribution in [0.3, 0.4) is 0 Å². The van der Waals surface area contributed by atoms with Gasteiger partial charge in [-0.15, -0.1) is 11.3 Å². The van der Waals surface area contributed by atoms with E-state index in [1.807, 2.05) is 17.5 Å². The topological polar surface area (TPSA) is 76.3 Å². The van der Waals surface area contributed by atoms with Crippen molar-refractivity contribution in [2.45, 2.75) is 37.4 Å². The number of carbonyl (C=O) groups is 1. The largest absolute Gasteiger partial charge is 0.313 e. The number of carbonyl (C=O) groups excluding carboxylic acids is 1. The van der Waals surface area contributed by atoms with Gasteiger partial charge in [0.2, 0.25) is 5.91 Å². The van der Waals surface area contributed by atoms with E-state index in [0.29, 0.717) is 28.7 Å². The normalized spacial score (nSPS) is 17.7. The van der Waals surface area contributed by atoms with Crippen LogP contribution < -0.4 is 10.9 Å². The summed E-state index contributed by atoms with van der Waals surface area (Å²) >= 11 is 2.77. The summed E-state index contributed by atoms with van der Waals surface area (Å²) in [5.74, 6) is 1.27. The quantitative estimate of drug-likeness (QED) is 0.645. The van der Waals surface area contributed by atoms with Crippen molar-refractivity contribution >= 4 is 45.1 Å². The van der Waals surface area contributed by atoms with Gasteiger partial charge in [-0.05, 0) is 37.1 Å². The average Bonchev–Trinajstić information content (AvgIpc) is 3.11. The van der Waals surface area contributed by atoms with Crippen molar-refractivity contribution in [1.82, 2.24) is 14.9 Å². The van der Waals surface area contributed by atoms with Gasteiger partial charge in [-0.2, -0.15) is 0 Å². The molecule has 1 aliphatic carbocycles. The number of thioether (sulfide) groups is 1. The van der Waals surface area contributed by atoms with Crippen molar-refractivity contribution in [2.24, 2.45) is 10.9 Å². The summed E-state index contributed by atoms with van der Waals surface area (Å²) in [7, 11) is 0. The standard InChI is InChI=1S/C17H18N4O2S2/c1-10(11-4-5-11)21-16(23)12-6-8-24-15(12)20-17(21)25-9-14(22)19-13-3-2-7-18-13/h2,6-8,10-11H,3-5,9H2,1H3,(H,18,19,22). The number of hydrogen-bond acceptors (Lipinski definition) is 6. The number of thiophene rings is 1. The summed E-state index contributed by atoms with van der Waals surface area (Å²) in [6.07, 6.45) is 6.52. The van der Waals surface area contributed by atoms with E-state index in [1.54, 1.807) is 10.8 Å². The highest BCUT2D eigenvalue weighted by Crippen LogP contribution is 2.40. The molecular formula is C17H18N4O2S2. The van der Waals surface area contributed by atoms with E-state index in [1.165, 1.54) is 23.1 Å². The molecule has 2 aromatic rings. The summed E-state index contributed by atoms with van der Waals surface area (Å²) in [4.78, 5) is 34.5. The lowest BCUT2D eigenvalue weighted by Gasteiger charge is -2.18. The van der Waals surface area contributed by atoms with Crippen LogP contribution in [-0.4, -0.2) is 27.0 Å². The molecule has 25 heavy (non-hydrogen) atoms. The molecule has 0 bridgehead atoms. The third-order valence-corrected chi connectivity index (χ3v) is 6.23. The number of amides is 1. The molecule has 0 radical (unpaired) electrons. The van der Waals surface area contributed by atoms with Gasteiger partial charge < -0.3 is 5.32 Å². The average molecular weight is 374 g/mol. The summed E-state index contributed by atoms with van der Waals surface area (Å²) in [5.41, 5.74) is -0.00192. The van der Waals surface area contributed by atoms with Crippen LogP contribution in [-0.2, 0) is 4.79 Å². The third-order valence-electron chi connectivity index (χ3n) is 4.47. The van der Waals surface area contributed by atoms with Crippen LogP contribution in [0.4, 0.5) is 0 Å². The maximum absolute atomic E-state index is 12.9. The van der Waals surface area contributed by atoms with Crippen molar-refractivity contribution in [3.63, 3.8) is 0 Å². The number of rotatable bonds is 5. The lowest BCUT2D eigenvalue weighted by atomic mass is 10.2. The fraction of sp³-hybridized carbons (Fsp3) is 0.412. The molecular weight excluding hydrogens is 356 g/mol. The molecule has 2 aliphatic rings. The highest BCUT2D eigenvalue weighted by molar-refractivity contribution is 7.99. The molecule has 4 rings (SSSR count). The summed E-state index contributed by atoms with van der Waals surface area (Å²) in [6.45, 7) is 2.07. The Morgan fingerprint density at radius 1 is 1.52 bits per heavy atom. The second kappa shape index (κ2) is 6.76. The van der Waals surface area contributed by atoms with Gasteiger partial charge in [-0.1, -0.05) is 17.8 Å². The fourth-order valence-corrected chi connectivity index (χ4v) is 4.62. The van der Waals surface area contributed by atoms with Crippen LogP contribution in [0.25, 0.3) is 10.2 Å². The van der Waals surface area contributed by atoms with Crippen LogP contribution in [0.1, 0.15) is 32.2 Å². The third kappa shape index (κ3) is 3.41. The fourth-order valence-electron chi connectivity index (χ4n) is 2.93. The van der Waals surface area contributed by atoms with Gasteiger partial charge in [0.25, 0.3) is 5.56 Å². The molecule has 8 heteroatoms. The van der Waals surface area contributed by atoms with Crippen LogP contribution in [0, 0.1) is 5.92 Å². The molecule has 3 heterocycles. The SMILES string of the molecule is CC(C1CC1)n1c(SCC(=O)NC2=NC=CC2)nc2sccc2c1=O. The Morgan fingerprint density at radius 2 is 2.36 bits per heavy atom. The molecule has 0 saturated heterocycles. The van der Waals surface area contributed by atoms with Gasteiger partial charge >= 0.3 is 0 Å². The van der Waals surface area contributed by atoms with Crippen molar-refractivity contribution < 1.29 is 4.79 Å². The highest BCUT2D eigenvalue weighted by Gasteiger charge is 2.32. The zero-order valence-electron chi connectivity index (χ0n) is 13.8. The molecule has 1 aliphatic heterocycles. The first kappa shape index (κ1) is 16.5. The van der Waals surface area contributed by atoms with E-state index in [0.717, 1.165) is 17.7 Å². The molecule has 6 nitrogen and oxygen atoms in total. The molecule has 0 spiro atoms. The molecule has 1 N–H and O–H groups in total. The van der Waals surface area contributed by atoms with E-state index in [2.05, 4.69) is 22.2 Å². The molecule has 1 saturated carbocycles. The number of amidine groups is 1. The Bertz CT molecular complexity index is 940. The Balaban J connectivity index is 1.57. The number of nitrogens with zero attached hydrogens (tertiary/aromatic N) is 3. The number of aliphatic imine (C=N–C) groups is 1. The molecule has 0 aromatic carbocycles. The van der Waals surface area contributed by atoms with Crippen LogP contribution in [0.2, 0.25) is 0 Å². The summed E-state index contributed by atoms with van der Waals surface area (Å²) < 4.78 is 1.78. The molecule has 1 unspecified atom stereocenters. The van der Waals surface area contributed by atoms with Crippen molar-refractivity contribution in [3.8, 4) is 0 Å². The lowest BCUT2D eigenvalue weighted by Crippen LogP contribution is -2.31. The Kier molecular flexibility index (Phi) is 4.47. The molecule has 1 fully saturated rings. The maximum atomic E-state index is 12.9. The van der Waals surface area contributed by atoms with Gasteiger partial charge in [-0.3, -0.25) is 14.2 Å². The number of aromatic nitrogens is 2. The first-order chi connectivity index (χ1) is 12.1. The maximum Gasteiger partial charge on any atom is 0.263 e. The van der Waals surface area contributed by atoms with Gasteiger partial charge in [0.1, 0.15) is 10.7 Å². The molecule has 130 valence electrons. The smallest absolute Gasteiger partial charge is 0.263 e. The number of hydrogen-bond donors (Lipinski definition) is 1. The van der Waals surface area contributed by atoms with Gasteiger partial charge in [-0.25, -0.2) is 9.98 Å². The van der Waals surface area contributed by atoms with E-state index >= 15 is 0 Å². The highest BCUT2D eigenvalue weighted by atomic mass is 32.2. The minimum absolute atomic E-state index is 0.00192. The minimum atomic E-state index is -0.126. The monoisotopic (exact) mass is 374 g/mol. The van der Waals surface area contributed by atoms with Crippen molar-refractivity contribution in [3.05, 3.63) is 34.1 Å². The van der Waals surface area contributed by atoms with Crippen molar-refractivity contribution in [1.29, 1.82) is 0 Å². The first-order valence-corrected chi connectivity index (χ1v) is 10.1. The predicted molar refractivity (Wildman–Crippen MR) is 101 cm³/mol. The van der Waals surface area contributed by atoms with Crippen LogP contribution in [0.15, 0.2) is 38.7 Å². The van der Waals surface area contributed by atoms with E-state index in [4.69, 9.17) is 0 Å². The number of nitrogens with one attached hydrogen (secondary N) is 1. The summed E-state index contributed by atoms with van der Waals surface area (Å²) in [5, 5.41) is 5.97. The van der Waals surface area contributed by atoms with E-state index in [-0.39, 0.29) is 23.3 Å². The Morgan fingerprint density at radius 3 is 3.08 bits per heavy atom. The van der Waals surface area contributed by atoms with Crippen LogP contribution >= 0.6 is 23.1 Å². The second-order valence-corrected chi connectivity index (χ2v) is 8.13. The number of fused-ring (bicyclic) bond motifs is 1.